The lowest BCUT2D eigenvalue weighted by atomic mass is 10.1. The Morgan fingerprint density at radius 1 is 1.02 bits per heavy atom. The Kier molecular flexibility index (Phi) is 7.73. The van der Waals surface area contributed by atoms with Crippen molar-refractivity contribution in [2.24, 2.45) is 5.92 Å². The van der Waals surface area contributed by atoms with E-state index in [4.69, 9.17) is 4.74 Å². The molecule has 2 unspecified atom stereocenters. The van der Waals surface area contributed by atoms with Gasteiger partial charge in [-0.3, -0.25) is 4.79 Å². The van der Waals surface area contributed by atoms with Crippen molar-refractivity contribution in [1.29, 1.82) is 0 Å². The van der Waals surface area contributed by atoms with Crippen LogP contribution in [0.15, 0.2) is 79.0 Å². The maximum absolute atomic E-state index is 14.9. The highest BCUT2D eigenvalue weighted by Crippen LogP contribution is 2.31. The predicted molar refractivity (Wildman–Crippen MR) is 140 cm³/mol. The number of nitrogens with zero attached hydrogens (tertiary/aromatic N) is 4. The first kappa shape index (κ1) is 27.8. The molecule has 3 heterocycles. The van der Waals surface area contributed by atoms with Crippen molar-refractivity contribution in [1.82, 2.24) is 19.8 Å². The fourth-order valence-corrected chi connectivity index (χ4v) is 4.64. The Labute approximate surface area is 231 Å². The molecule has 0 radical (unpaired) electrons. The van der Waals surface area contributed by atoms with Gasteiger partial charge in [0.25, 0.3) is 5.91 Å². The SMILES string of the molecule is O=C(O)N(Cc1ccccc1)CC1CN(C(=O)c2ccc3cc(Oc4ccc(C(F)(F)F)cn4)ccc3n2)CC1F. The highest BCUT2D eigenvalue weighted by atomic mass is 19.4. The van der Waals surface area contributed by atoms with E-state index in [0.29, 0.717) is 22.8 Å². The van der Waals surface area contributed by atoms with Gasteiger partial charge >= 0.3 is 12.3 Å². The van der Waals surface area contributed by atoms with Gasteiger partial charge in [-0.2, -0.15) is 13.2 Å². The molecule has 12 heteroatoms. The number of amides is 2. The molecule has 0 bridgehead atoms. The van der Waals surface area contributed by atoms with E-state index in [2.05, 4.69) is 9.97 Å². The summed E-state index contributed by atoms with van der Waals surface area (Å²) in [6, 6.07) is 18.8. The van der Waals surface area contributed by atoms with Crippen LogP contribution in [0.25, 0.3) is 10.9 Å². The molecule has 0 spiro atoms. The van der Waals surface area contributed by atoms with E-state index in [0.717, 1.165) is 22.6 Å². The molecule has 41 heavy (non-hydrogen) atoms. The van der Waals surface area contributed by atoms with E-state index < -0.39 is 35.8 Å². The standard InChI is InChI=1S/C29H24F4N4O4/c30-23-17-36(15-20(23)16-37(28(39)40)14-18-4-2-1-3-5-18)27(38)25-9-6-19-12-22(8-10-24(19)35-25)41-26-11-7-21(13-34-26)29(31,32)33/h1-13,20,23H,14-17H2,(H,39,40). The molecule has 2 atom stereocenters. The lowest BCUT2D eigenvalue weighted by Gasteiger charge is -2.24. The van der Waals surface area contributed by atoms with Crippen molar-refractivity contribution >= 4 is 22.9 Å². The Morgan fingerprint density at radius 3 is 2.49 bits per heavy atom. The second-order valence-corrected chi connectivity index (χ2v) is 9.67. The summed E-state index contributed by atoms with van der Waals surface area (Å²) in [5, 5.41) is 10.2. The summed E-state index contributed by atoms with van der Waals surface area (Å²) in [6.45, 7) is -0.0722. The zero-order chi connectivity index (χ0) is 29.1. The van der Waals surface area contributed by atoms with Crippen molar-refractivity contribution in [3.63, 3.8) is 0 Å². The van der Waals surface area contributed by atoms with Crippen molar-refractivity contribution in [3.8, 4) is 11.6 Å². The van der Waals surface area contributed by atoms with Crippen LogP contribution in [-0.2, 0) is 12.7 Å². The summed E-state index contributed by atoms with van der Waals surface area (Å²) in [7, 11) is 0. The molecule has 1 N–H and O–H groups in total. The molecule has 8 nitrogen and oxygen atoms in total. The molecule has 1 fully saturated rings. The van der Waals surface area contributed by atoms with Crippen molar-refractivity contribution in [3.05, 3.63) is 95.8 Å². The van der Waals surface area contributed by atoms with Crippen LogP contribution in [0, 0.1) is 5.92 Å². The summed E-state index contributed by atoms with van der Waals surface area (Å²) in [5.41, 5.74) is 0.444. The lowest BCUT2D eigenvalue weighted by molar-refractivity contribution is -0.137. The minimum atomic E-state index is -4.50. The fraction of sp³-hybridized carbons (Fsp3) is 0.241. The third kappa shape index (κ3) is 6.53. The molecule has 1 aliphatic heterocycles. The number of benzene rings is 2. The van der Waals surface area contributed by atoms with Crippen molar-refractivity contribution < 1.29 is 37.0 Å². The molecule has 2 aromatic heterocycles. The largest absolute Gasteiger partial charge is 0.465 e. The first-order chi connectivity index (χ1) is 19.6. The number of rotatable bonds is 7. The second kappa shape index (κ2) is 11.4. The zero-order valence-electron chi connectivity index (χ0n) is 21.5. The number of fused-ring (bicyclic) bond motifs is 1. The fourth-order valence-electron chi connectivity index (χ4n) is 4.64. The van der Waals surface area contributed by atoms with Gasteiger partial charge in [0.1, 0.15) is 17.6 Å². The van der Waals surface area contributed by atoms with Crippen LogP contribution in [0.5, 0.6) is 11.6 Å². The molecule has 1 aliphatic rings. The highest BCUT2D eigenvalue weighted by molar-refractivity contribution is 5.95. The Morgan fingerprint density at radius 2 is 1.80 bits per heavy atom. The smallest absolute Gasteiger partial charge is 0.417 e. The summed E-state index contributed by atoms with van der Waals surface area (Å²) >= 11 is 0. The number of likely N-dealkylation sites (tertiary alicyclic amines) is 1. The molecule has 5 rings (SSSR count). The predicted octanol–water partition coefficient (Wildman–Crippen LogP) is 6.03. The van der Waals surface area contributed by atoms with Crippen LogP contribution >= 0.6 is 0 Å². The van der Waals surface area contributed by atoms with Crippen LogP contribution in [0.2, 0.25) is 0 Å². The monoisotopic (exact) mass is 568 g/mol. The maximum atomic E-state index is 14.9. The molecule has 2 aromatic carbocycles. The minimum Gasteiger partial charge on any atom is -0.465 e. The van der Waals surface area contributed by atoms with E-state index in [1.165, 1.54) is 11.0 Å². The number of hydrogen-bond acceptors (Lipinski definition) is 5. The van der Waals surface area contributed by atoms with Gasteiger partial charge in [-0.25, -0.2) is 19.2 Å². The average molecular weight is 569 g/mol. The molecular weight excluding hydrogens is 544 g/mol. The van der Waals surface area contributed by atoms with Crippen LogP contribution in [0.1, 0.15) is 21.6 Å². The van der Waals surface area contributed by atoms with E-state index in [1.54, 1.807) is 48.5 Å². The number of aromatic nitrogens is 2. The Bertz CT molecular complexity index is 1550. The molecule has 1 saturated heterocycles. The quantitative estimate of drug-likeness (QED) is 0.274. The Hall–Kier alpha value is -4.74. The van der Waals surface area contributed by atoms with Crippen LogP contribution in [0.3, 0.4) is 0 Å². The van der Waals surface area contributed by atoms with Gasteiger partial charge in [-0.15, -0.1) is 0 Å². The van der Waals surface area contributed by atoms with E-state index in [1.807, 2.05) is 6.07 Å². The van der Waals surface area contributed by atoms with Crippen LogP contribution in [-0.4, -0.2) is 62.7 Å². The summed E-state index contributed by atoms with van der Waals surface area (Å²) in [6.07, 6.45) is -6.38. The van der Waals surface area contributed by atoms with Crippen LogP contribution in [0.4, 0.5) is 22.4 Å². The highest BCUT2D eigenvalue weighted by Gasteiger charge is 2.38. The number of carbonyl (C=O) groups excluding carboxylic acids is 1. The van der Waals surface area contributed by atoms with E-state index >= 15 is 0 Å². The van der Waals surface area contributed by atoms with Gasteiger partial charge in [0.15, 0.2) is 0 Å². The van der Waals surface area contributed by atoms with Gasteiger partial charge in [0.2, 0.25) is 5.88 Å². The normalized spacial score (nSPS) is 17.0. The number of halogens is 4. The van der Waals surface area contributed by atoms with E-state index in [9.17, 15) is 32.3 Å². The maximum Gasteiger partial charge on any atom is 0.417 e. The third-order valence-electron chi connectivity index (χ3n) is 6.76. The number of hydrogen-bond donors (Lipinski definition) is 1. The molecular formula is C29H24F4N4O4. The van der Waals surface area contributed by atoms with Gasteiger partial charge in [0, 0.05) is 43.2 Å². The number of ether oxygens (including phenoxy) is 1. The van der Waals surface area contributed by atoms with Crippen LogP contribution < -0.4 is 4.74 Å². The molecule has 4 aromatic rings. The molecule has 0 saturated carbocycles. The molecule has 212 valence electrons. The third-order valence-corrected chi connectivity index (χ3v) is 6.76. The number of carboxylic acid groups (broad SMARTS) is 1. The zero-order valence-corrected chi connectivity index (χ0v) is 21.5. The van der Waals surface area contributed by atoms with Gasteiger partial charge < -0.3 is 19.6 Å². The first-order valence-electron chi connectivity index (χ1n) is 12.6. The lowest BCUT2D eigenvalue weighted by Crippen LogP contribution is -2.37. The van der Waals surface area contributed by atoms with Gasteiger partial charge in [-0.1, -0.05) is 36.4 Å². The first-order valence-corrected chi connectivity index (χ1v) is 12.6. The Balaban J connectivity index is 1.24. The van der Waals surface area contributed by atoms with Gasteiger partial charge in [-0.05, 0) is 35.9 Å². The van der Waals surface area contributed by atoms with E-state index in [-0.39, 0.29) is 37.8 Å². The number of carbonyl (C=O) groups is 2. The summed E-state index contributed by atoms with van der Waals surface area (Å²) < 4.78 is 58.7. The topological polar surface area (TPSA) is 95.9 Å². The summed E-state index contributed by atoms with van der Waals surface area (Å²) in [5.74, 6) is -0.868. The van der Waals surface area contributed by atoms with Crippen molar-refractivity contribution in [2.45, 2.75) is 18.9 Å². The average Bonchev–Trinajstić information content (AvgIpc) is 3.32. The van der Waals surface area contributed by atoms with Crippen molar-refractivity contribution in [2.75, 3.05) is 19.6 Å². The minimum absolute atomic E-state index is 0.0216. The molecule has 2 amide bonds. The number of alkyl halides is 4. The molecule has 0 aliphatic carbocycles. The number of pyridine rings is 2. The summed E-state index contributed by atoms with van der Waals surface area (Å²) in [4.78, 5) is 35.5. The second-order valence-electron chi connectivity index (χ2n) is 9.67. The van der Waals surface area contributed by atoms with Gasteiger partial charge in [0.05, 0.1) is 17.6 Å².